The number of nitrogens with zero attached hydrogens (tertiary/aromatic N) is 4. The van der Waals surface area contributed by atoms with Gasteiger partial charge in [0.2, 0.25) is 5.69 Å². The molecule has 1 aromatic heterocycles. The van der Waals surface area contributed by atoms with Gasteiger partial charge in [-0.15, -0.1) is 0 Å². The molecule has 4 rings (SSSR count). The second-order valence-corrected chi connectivity index (χ2v) is 10.7. The molecule has 0 bridgehead atoms. The molecule has 0 radical (unpaired) electrons. The largest absolute Gasteiger partial charge is 0.618 e. The van der Waals surface area contributed by atoms with Gasteiger partial charge in [-0.3, -0.25) is 4.79 Å². The lowest BCUT2D eigenvalue weighted by Gasteiger charge is -2.42. The number of anilines is 1. The molecule has 2 aromatic carbocycles. The van der Waals surface area contributed by atoms with Gasteiger partial charge in [0, 0.05) is 56.9 Å². The Balaban J connectivity index is 1.37. The number of rotatable bonds is 10. The average molecular weight is 556 g/mol. The first-order valence-corrected chi connectivity index (χ1v) is 14.0. The molecule has 1 fully saturated rings. The van der Waals surface area contributed by atoms with E-state index in [1.54, 1.807) is 31.2 Å². The molecule has 214 valence electrons. The summed E-state index contributed by atoms with van der Waals surface area (Å²) < 4.78 is 0.721. The summed E-state index contributed by atoms with van der Waals surface area (Å²) in [6, 6.07) is 19.0. The Morgan fingerprint density at radius 2 is 1.88 bits per heavy atom. The maximum atomic E-state index is 12.8. The smallest absolute Gasteiger partial charge is 0.335 e. The number of carboxylic acids is 1. The number of nitrogens with one attached hydrogen (secondary N) is 1. The number of carbonyl (C=O) groups excluding carboxylic acids is 1. The predicted molar refractivity (Wildman–Crippen MR) is 157 cm³/mol. The van der Waals surface area contributed by atoms with Crippen molar-refractivity contribution < 1.29 is 19.4 Å². The number of piperidine rings is 1. The number of aromatic nitrogens is 1. The van der Waals surface area contributed by atoms with Crippen molar-refractivity contribution >= 4 is 17.6 Å². The Hall–Kier alpha value is -4.42. The molecule has 0 saturated carbocycles. The van der Waals surface area contributed by atoms with Crippen molar-refractivity contribution in [2.75, 3.05) is 24.5 Å². The zero-order valence-electron chi connectivity index (χ0n) is 23.8. The summed E-state index contributed by atoms with van der Waals surface area (Å²) in [6.07, 6.45) is 4.07. The topological polar surface area (TPSA) is 124 Å². The summed E-state index contributed by atoms with van der Waals surface area (Å²) >= 11 is 0. The van der Waals surface area contributed by atoms with Crippen molar-refractivity contribution in [1.82, 2.24) is 10.2 Å². The Labute approximate surface area is 241 Å². The number of nitriles is 1. The van der Waals surface area contributed by atoms with Crippen LogP contribution in [-0.2, 0) is 6.54 Å². The number of likely N-dealkylation sites (tertiary alicyclic amines) is 1. The van der Waals surface area contributed by atoms with Gasteiger partial charge >= 0.3 is 5.97 Å². The standard InChI is InChI=1S/C32H37N5O4/c1-22-12-18-37(41)24(3)30(22)31(38)34-15-11-23(2)35-16-13-29(14-17-35)36(21-26-6-4-5-25(19-26)20-33)28-9-7-27(8-10-28)32(39)40/h4-10,12,18-19,23,29H,11,13-17,21H2,1-3H3,(H,34,38)(H,39,40). The quantitative estimate of drug-likeness (QED) is 0.284. The zero-order chi connectivity index (χ0) is 29.5. The predicted octanol–water partition coefficient (Wildman–Crippen LogP) is 4.19. The molecule has 2 heterocycles. The second kappa shape index (κ2) is 13.3. The fourth-order valence-electron chi connectivity index (χ4n) is 5.58. The molecule has 3 aromatic rings. The van der Waals surface area contributed by atoms with E-state index in [4.69, 9.17) is 0 Å². The van der Waals surface area contributed by atoms with Crippen LogP contribution in [0, 0.1) is 30.4 Å². The number of aromatic carboxylic acids is 1. The number of carboxylic acid groups (broad SMARTS) is 1. The fourth-order valence-corrected chi connectivity index (χ4v) is 5.58. The van der Waals surface area contributed by atoms with Crippen LogP contribution in [-0.4, -0.2) is 53.6 Å². The molecule has 2 N–H and O–H groups in total. The van der Waals surface area contributed by atoms with Crippen LogP contribution >= 0.6 is 0 Å². The van der Waals surface area contributed by atoms with Crippen molar-refractivity contribution in [3.8, 4) is 6.07 Å². The lowest BCUT2D eigenvalue weighted by atomic mass is 9.98. The SMILES string of the molecule is Cc1cc[n+]([O-])c(C)c1C(=O)NCCC(C)N1CCC(N(Cc2cccc(C#N)c2)c2ccc(C(=O)O)cc2)CC1. The van der Waals surface area contributed by atoms with Crippen LogP contribution in [0.4, 0.5) is 5.69 Å². The molecule has 1 saturated heterocycles. The molecule has 1 atom stereocenters. The Morgan fingerprint density at radius 3 is 2.54 bits per heavy atom. The van der Waals surface area contributed by atoms with Crippen molar-refractivity contribution in [3.63, 3.8) is 0 Å². The fraction of sp³-hybridized carbons (Fsp3) is 0.375. The van der Waals surface area contributed by atoms with Gasteiger partial charge < -0.3 is 25.4 Å². The Bertz CT molecular complexity index is 1420. The summed E-state index contributed by atoms with van der Waals surface area (Å²) in [7, 11) is 0. The molecule has 9 heteroatoms. The molecule has 1 aliphatic heterocycles. The van der Waals surface area contributed by atoms with Crippen molar-refractivity contribution in [3.05, 3.63) is 99.5 Å². The van der Waals surface area contributed by atoms with Crippen LogP contribution < -0.4 is 14.9 Å². The van der Waals surface area contributed by atoms with Gasteiger partial charge in [0.05, 0.1) is 17.2 Å². The number of hydrogen-bond acceptors (Lipinski definition) is 6. The van der Waals surface area contributed by atoms with E-state index in [0.29, 0.717) is 29.9 Å². The summed E-state index contributed by atoms with van der Waals surface area (Å²) in [5.74, 6) is -1.17. The zero-order valence-corrected chi connectivity index (χ0v) is 23.8. The number of aryl methyl sites for hydroxylation is 1. The third kappa shape index (κ3) is 7.21. The highest BCUT2D eigenvalue weighted by Crippen LogP contribution is 2.27. The van der Waals surface area contributed by atoms with E-state index in [2.05, 4.69) is 28.1 Å². The molecule has 1 unspecified atom stereocenters. The van der Waals surface area contributed by atoms with E-state index in [0.717, 1.165) is 53.9 Å². The molecule has 9 nitrogen and oxygen atoms in total. The minimum atomic E-state index is -0.952. The highest BCUT2D eigenvalue weighted by Gasteiger charge is 2.28. The van der Waals surface area contributed by atoms with E-state index in [-0.39, 0.29) is 23.6 Å². The summed E-state index contributed by atoms with van der Waals surface area (Å²) in [5, 5.41) is 33.6. The van der Waals surface area contributed by atoms with Gasteiger partial charge in [0.1, 0.15) is 5.56 Å². The minimum absolute atomic E-state index is 0.221. The van der Waals surface area contributed by atoms with Crippen molar-refractivity contribution in [2.24, 2.45) is 0 Å². The molecule has 0 spiro atoms. The third-order valence-electron chi connectivity index (χ3n) is 8.04. The van der Waals surface area contributed by atoms with Gasteiger partial charge in [0.25, 0.3) is 5.91 Å². The monoisotopic (exact) mass is 555 g/mol. The van der Waals surface area contributed by atoms with E-state index in [1.165, 1.54) is 6.20 Å². The van der Waals surface area contributed by atoms with Crippen LogP contribution in [0.3, 0.4) is 0 Å². The number of hydrogen-bond donors (Lipinski definition) is 2. The lowest BCUT2D eigenvalue weighted by molar-refractivity contribution is -0.612. The summed E-state index contributed by atoms with van der Waals surface area (Å²) in [5.41, 5.74) is 4.47. The molecule has 41 heavy (non-hydrogen) atoms. The number of pyridine rings is 1. The first-order chi connectivity index (χ1) is 19.7. The molecule has 1 aliphatic rings. The number of benzene rings is 2. The summed E-state index contributed by atoms with van der Waals surface area (Å²) in [6.45, 7) is 8.60. The first-order valence-electron chi connectivity index (χ1n) is 14.0. The van der Waals surface area contributed by atoms with Gasteiger partial charge in [-0.1, -0.05) is 12.1 Å². The van der Waals surface area contributed by atoms with E-state index < -0.39 is 5.97 Å². The van der Waals surface area contributed by atoms with Crippen LogP contribution in [0.2, 0.25) is 0 Å². The van der Waals surface area contributed by atoms with E-state index in [9.17, 15) is 25.2 Å². The van der Waals surface area contributed by atoms with Gasteiger partial charge in [-0.2, -0.15) is 9.99 Å². The normalized spacial score (nSPS) is 14.7. The first kappa shape index (κ1) is 29.6. The van der Waals surface area contributed by atoms with Crippen LogP contribution in [0.25, 0.3) is 0 Å². The lowest BCUT2D eigenvalue weighted by Crippen LogP contribution is -2.48. The van der Waals surface area contributed by atoms with Gasteiger partial charge in [0.15, 0.2) is 6.20 Å². The highest BCUT2D eigenvalue weighted by molar-refractivity contribution is 5.96. The van der Waals surface area contributed by atoms with Gasteiger partial charge in [-0.25, -0.2) is 4.79 Å². The Kier molecular flexibility index (Phi) is 9.58. The minimum Gasteiger partial charge on any atom is -0.618 e. The van der Waals surface area contributed by atoms with Crippen LogP contribution in [0.5, 0.6) is 0 Å². The molecule has 1 amide bonds. The number of amides is 1. The molecular formula is C32H37N5O4. The highest BCUT2D eigenvalue weighted by atomic mass is 16.5. The van der Waals surface area contributed by atoms with Gasteiger partial charge in [-0.05, 0) is 80.6 Å². The van der Waals surface area contributed by atoms with Crippen LogP contribution in [0.1, 0.15) is 69.3 Å². The average Bonchev–Trinajstić information content (AvgIpc) is 2.98. The van der Waals surface area contributed by atoms with E-state index in [1.807, 2.05) is 37.3 Å². The summed E-state index contributed by atoms with van der Waals surface area (Å²) in [4.78, 5) is 28.9. The molecule has 0 aliphatic carbocycles. The van der Waals surface area contributed by atoms with Crippen LogP contribution in [0.15, 0.2) is 60.8 Å². The maximum Gasteiger partial charge on any atom is 0.335 e. The van der Waals surface area contributed by atoms with Crippen molar-refractivity contribution in [1.29, 1.82) is 5.26 Å². The second-order valence-electron chi connectivity index (χ2n) is 10.7. The Morgan fingerprint density at radius 1 is 1.17 bits per heavy atom. The molecular weight excluding hydrogens is 518 g/mol. The third-order valence-corrected chi connectivity index (χ3v) is 8.04. The van der Waals surface area contributed by atoms with E-state index >= 15 is 0 Å². The maximum absolute atomic E-state index is 12.8. The van der Waals surface area contributed by atoms with Crippen molar-refractivity contribution in [2.45, 2.75) is 58.7 Å². The number of carbonyl (C=O) groups is 2.